The number of hydrogen-bond donors (Lipinski definition) is 0. The quantitative estimate of drug-likeness (QED) is 0.802. The molecule has 3 rings (SSSR count). The summed E-state index contributed by atoms with van der Waals surface area (Å²) in [5, 5.41) is 8.53. The van der Waals surface area contributed by atoms with Crippen LogP contribution >= 0.6 is 11.8 Å². The first-order chi connectivity index (χ1) is 11.1. The molecular formula is C17H21N3O2S. The molecule has 1 aliphatic rings. The van der Waals surface area contributed by atoms with E-state index in [9.17, 15) is 4.79 Å². The molecule has 1 aliphatic heterocycles. The standard InChI is InChI=1S/C17H21N3O2S/c1-12-6-8-14(9-7-12)16-18-19-17(22-16)23-11-15(21)20-10-4-3-5-13(20)2/h6-9,13H,3-5,10-11H2,1-2H3/t13-/m1/s1. The Kier molecular flexibility index (Phi) is 5.00. The Morgan fingerprint density at radius 3 is 2.83 bits per heavy atom. The van der Waals surface area contributed by atoms with Crippen molar-refractivity contribution in [2.24, 2.45) is 0 Å². The van der Waals surface area contributed by atoms with Gasteiger partial charge < -0.3 is 9.32 Å². The normalized spacial score (nSPS) is 18.2. The molecule has 1 fully saturated rings. The van der Waals surface area contributed by atoms with E-state index in [1.54, 1.807) is 0 Å². The summed E-state index contributed by atoms with van der Waals surface area (Å²) in [6, 6.07) is 8.26. The van der Waals surface area contributed by atoms with Crippen molar-refractivity contribution in [3.63, 3.8) is 0 Å². The highest BCUT2D eigenvalue weighted by atomic mass is 32.2. The summed E-state index contributed by atoms with van der Waals surface area (Å²) in [6.45, 7) is 5.01. The Hall–Kier alpha value is -1.82. The predicted octanol–water partition coefficient (Wildman–Crippen LogP) is 3.54. The molecule has 23 heavy (non-hydrogen) atoms. The average Bonchev–Trinajstić information content (AvgIpc) is 3.03. The number of aromatic nitrogens is 2. The van der Waals surface area contributed by atoms with Gasteiger partial charge in [0.2, 0.25) is 11.8 Å². The molecule has 0 N–H and O–H groups in total. The molecule has 1 atom stereocenters. The first kappa shape index (κ1) is 16.1. The fourth-order valence-corrected chi connectivity index (χ4v) is 3.41. The number of benzene rings is 1. The minimum atomic E-state index is 0.150. The number of carbonyl (C=O) groups is 1. The van der Waals surface area contributed by atoms with E-state index in [0.717, 1.165) is 24.9 Å². The van der Waals surface area contributed by atoms with E-state index in [2.05, 4.69) is 17.1 Å². The van der Waals surface area contributed by atoms with Crippen LogP contribution in [0, 0.1) is 6.92 Å². The average molecular weight is 331 g/mol. The second kappa shape index (κ2) is 7.17. The Morgan fingerprint density at radius 1 is 1.30 bits per heavy atom. The number of piperidine rings is 1. The van der Waals surface area contributed by atoms with Crippen molar-refractivity contribution in [1.29, 1.82) is 0 Å². The molecule has 2 heterocycles. The Bertz CT molecular complexity index is 669. The largest absolute Gasteiger partial charge is 0.411 e. The second-order valence-corrected chi connectivity index (χ2v) is 6.89. The molecule has 0 aliphatic carbocycles. The summed E-state index contributed by atoms with van der Waals surface area (Å²) in [6.07, 6.45) is 3.40. The number of aryl methyl sites for hydroxylation is 1. The van der Waals surface area contributed by atoms with Gasteiger partial charge in [0.15, 0.2) is 0 Å². The van der Waals surface area contributed by atoms with Crippen molar-refractivity contribution in [2.75, 3.05) is 12.3 Å². The van der Waals surface area contributed by atoms with Crippen molar-refractivity contribution in [3.05, 3.63) is 29.8 Å². The highest BCUT2D eigenvalue weighted by Gasteiger charge is 2.23. The van der Waals surface area contributed by atoms with Gasteiger partial charge in [-0.1, -0.05) is 29.5 Å². The van der Waals surface area contributed by atoms with Gasteiger partial charge in [0.05, 0.1) is 5.75 Å². The van der Waals surface area contributed by atoms with Crippen molar-refractivity contribution in [3.8, 4) is 11.5 Å². The fourth-order valence-electron chi connectivity index (χ4n) is 2.76. The molecule has 0 radical (unpaired) electrons. The molecule has 6 heteroatoms. The van der Waals surface area contributed by atoms with Gasteiger partial charge in [-0.15, -0.1) is 10.2 Å². The van der Waals surface area contributed by atoms with Crippen molar-refractivity contribution in [1.82, 2.24) is 15.1 Å². The molecule has 122 valence electrons. The summed E-state index contributed by atoms with van der Waals surface area (Å²) in [5.74, 6) is 0.989. The summed E-state index contributed by atoms with van der Waals surface area (Å²) in [4.78, 5) is 14.3. The summed E-state index contributed by atoms with van der Waals surface area (Å²) in [5.41, 5.74) is 2.08. The van der Waals surface area contributed by atoms with E-state index in [0.29, 0.717) is 22.9 Å². The first-order valence-electron chi connectivity index (χ1n) is 7.96. The zero-order valence-electron chi connectivity index (χ0n) is 13.5. The fraction of sp³-hybridized carbons (Fsp3) is 0.471. The van der Waals surface area contributed by atoms with Crippen LogP contribution < -0.4 is 0 Å². The zero-order valence-corrected chi connectivity index (χ0v) is 14.3. The van der Waals surface area contributed by atoms with Crippen LogP contribution in [0.2, 0.25) is 0 Å². The maximum absolute atomic E-state index is 12.3. The van der Waals surface area contributed by atoms with Gasteiger partial charge in [-0.2, -0.15) is 0 Å². The van der Waals surface area contributed by atoms with Crippen molar-refractivity contribution >= 4 is 17.7 Å². The zero-order chi connectivity index (χ0) is 16.2. The lowest BCUT2D eigenvalue weighted by Crippen LogP contribution is -2.42. The molecule has 0 unspecified atom stereocenters. The molecular weight excluding hydrogens is 310 g/mol. The minimum absolute atomic E-state index is 0.150. The van der Waals surface area contributed by atoms with Gasteiger partial charge in [-0.3, -0.25) is 4.79 Å². The lowest BCUT2D eigenvalue weighted by Gasteiger charge is -2.33. The van der Waals surface area contributed by atoms with Crippen LogP contribution in [-0.4, -0.2) is 39.3 Å². The van der Waals surface area contributed by atoms with Crippen molar-refractivity contribution < 1.29 is 9.21 Å². The van der Waals surface area contributed by atoms with Crippen LogP contribution in [0.1, 0.15) is 31.7 Å². The van der Waals surface area contributed by atoms with E-state index in [1.807, 2.05) is 36.1 Å². The van der Waals surface area contributed by atoms with Gasteiger partial charge in [0, 0.05) is 18.2 Å². The third-order valence-electron chi connectivity index (χ3n) is 4.15. The molecule has 2 aromatic rings. The molecule has 5 nitrogen and oxygen atoms in total. The third kappa shape index (κ3) is 3.93. The summed E-state index contributed by atoms with van der Waals surface area (Å²) >= 11 is 1.31. The van der Waals surface area contributed by atoms with Gasteiger partial charge in [0.25, 0.3) is 5.22 Å². The highest BCUT2D eigenvalue weighted by Crippen LogP contribution is 2.24. The van der Waals surface area contributed by atoms with Crippen LogP contribution in [0.15, 0.2) is 33.9 Å². The van der Waals surface area contributed by atoms with Crippen molar-refractivity contribution in [2.45, 2.75) is 44.4 Å². The van der Waals surface area contributed by atoms with E-state index >= 15 is 0 Å². The van der Waals surface area contributed by atoms with Gasteiger partial charge in [-0.05, 0) is 45.2 Å². The maximum Gasteiger partial charge on any atom is 0.277 e. The minimum Gasteiger partial charge on any atom is -0.411 e. The lowest BCUT2D eigenvalue weighted by molar-refractivity contribution is -0.131. The number of nitrogens with zero attached hydrogens (tertiary/aromatic N) is 3. The predicted molar refractivity (Wildman–Crippen MR) is 90.2 cm³/mol. The molecule has 1 aromatic carbocycles. The number of thioether (sulfide) groups is 1. The number of rotatable bonds is 4. The van der Waals surface area contributed by atoms with Gasteiger partial charge in [-0.25, -0.2) is 0 Å². The number of hydrogen-bond acceptors (Lipinski definition) is 5. The molecule has 1 aromatic heterocycles. The summed E-state index contributed by atoms with van der Waals surface area (Å²) < 4.78 is 5.64. The molecule has 0 spiro atoms. The van der Waals surface area contributed by atoms with Gasteiger partial charge >= 0.3 is 0 Å². The number of carbonyl (C=O) groups excluding carboxylic acids is 1. The number of likely N-dealkylation sites (tertiary alicyclic amines) is 1. The Labute approximate surface area is 140 Å². The van der Waals surface area contributed by atoms with Crippen LogP contribution in [0.25, 0.3) is 11.5 Å². The van der Waals surface area contributed by atoms with E-state index in [4.69, 9.17) is 4.42 Å². The summed E-state index contributed by atoms with van der Waals surface area (Å²) in [7, 11) is 0. The Balaban J connectivity index is 1.58. The van der Waals surface area contributed by atoms with E-state index in [1.165, 1.54) is 23.7 Å². The van der Waals surface area contributed by atoms with Crippen LogP contribution in [0.3, 0.4) is 0 Å². The molecule has 1 saturated heterocycles. The second-order valence-electron chi connectivity index (χ2n) is 5.96. The molecule has 1 amide bonds. The van der Waals surface area contributed by atoms with Gasteiger partial charge in [0.1, 0.15) is 0 Å². The maximum atomic E-state index is 12.3. The Morgan fingerprint density at radius 2 is 2.09 bits per heavy atom. The first-order valence-corrected chi connectivity index (χ1v) is 8.95. The van der Waals surface area contributed by atoms with Crippen LogP contribution in [0.5, 0.6) is 0 Å². The molecule has 0 bridgehead atoms. The van der Waals surface area contributed by atoms with E-state index in [-0.39, 0.29) is 5.91 Å². The highest BCUT2D eigenvalue weighted by molar-refractivity contribution is 7.99. The molecule has 0 saturated carbocycles. The monoisotopic (exact) mass is 331 g/mol. The number of amides is 1. The van der Waals surface area contributed by atoms with Crippen LogP contribution in [0.4, 0.5) is 0 Å². The van der Waals surface area contributed by atoms with E-state index < -0.39 is 0 Å². The smallest absolute Gasteiger partial charge is 0.277 e. The lowest BCUT2D eigenvalue weighted by atomic mass is 10.0. The third-order valence-corrected chi connectivity index (χ3v) is 4.95. The topological polar surface area (TPSA) is 59.2 Å². The SMILES string of the molecule is Cc1ccc(-c2nnc(SCC(=O)N3CCCC[C@H]3C)o2)cc1. The van der Waals surface area contributed by atoms with Crippen LogP contribution in [-0.2, 0) is 4.79 Å².